The van der Waals surface area contributed by atoms with E-state index in [2.05, 4.69) is 0 Å². The van der Waals surface area contributed by atoms with Crippen LogP contribution in [0.5, 0.6) is 0 Å². The van der Waals surface area contributed by atoms with Gasteiger partial charge >= 0.3 is 0 Å². The average molecular weight is 252 g/mol. The Bertz CT molecular complexity index is 525. The largest absolute Gasteiger partial charge is 0.392 e. The van der Waals surface area contributed by atoms with Gasteiger partial charge in [-0.15, -0.1) is 0 Å². The number of benzene rings is 1. The van der Waals surface area contributed by atoms with Crippen LogP contribution in [0.3, 0.4) is 0 Å². The Hall–Kier alpha value is -1.39. The zero-order valence-corrected chi connectivity index (χ0v) is 10.7. The summed E-state index contributed by atoms with van der Waals surface area (Å²) in [6.07, 6.45) is 1.58. The van der Waals surface area contributed by atoms with Crippen LogP contribution in [0.25, 0.3) is 0 Å². The Labute approximate surface area is 102 Å². The monoisotopic (exact) mass is 252 g/mol. The van der Waals surface area contributed by atoms with Gasteiger partial charge in [0.1, 0.15) is 0 Å². The summed E-state index contributed by atoms with van der Waals surface area (Å²) in [5.41, 5.74) is 1.38. The number of sulfone groups is 1. The molecule has 0 unspecified atom stereocenters. The van der Waals surface area contributed by atoms with Crippen molar-refractivity contribution < 1.29 is 13.5 Å². The first-order valence-electron chi connectivity index (χ1n) is 5.24. The van der Waals surface area contributed by atoms with E-state index in [1.807, 2.05) is 0 Å². The highest BCUT2D eigenvalue weighted by Gasteiger charge is 2.10. The van der Waals surface area contributed by atoms with Crippen LogP contribution in [0.2, 0.25) is 0 Å². The minimum atomic E-state index is -3.41. The molecule has 1 aromatic rings. The van der Waals surface area contributed by atoms with Gasteiger partial charge in [0, 0.05) is 5.41 Å². The quantitative estimate of drug-likeness (QED) is 0.837. The standard InChI is InChI=1S/C13H16O3S/c1-11(8-9-14)12(2)10-17(15,16)13-6-4-3-5-7-13/h3-8,10,14H,9H2,1-2H3/b11-8+,12-10-. The molecule has 0 aliphatic rings. The lowest BCUT2D eigenvalue weighted by Crippen LogP contribution is -1.98. The van der Waals surface area contributed by atoms with Gasteiger partial charge in [0.15, 0.2) is 9.84 Å². The van der Waals surface area contributed by atoms with Gasteiger partial charge in [0.25, 0.3) is 0 Å². The minimum absolute atomic E-state index is 0.0948. The molecule has 0 saturated heterocycles. The van der Waals surface area contributed by atoms with Gasteiger partial charge in [0.2, 0.25) is 0 Å². The first-order valence-corrected chi connectivity index (χ1v) is 6.78. The van der Waals surface area contributed by atoms with E-state index in [0.29, 0.717) is 5.57 Å². The van der Waals surface area contributed by atoms with E-state index in [1.165, 1.54) is 5.41 Å². The molecule has 0 amide bonds. The summed E-state index contributed by atoms with van der Waals surface area (Å²) in [6, 6.07) is 8.26. The molecule has 17 heavy (non-hydrogen) atoms. The molecule has 0 radical (unpaired) electrons. The average Bonchev–Trinajstić information content (AvgIpc) is 2.30. The molecule has 0 aromatic heterocycles. The predicted octanol–water partition coefficient (Wildman–Crippen LogP) is 2.30. The van der Waals surface area contributed by atoms with Crippen LogP contribution in [0.1, 0.15) is 13.8 Å². The molecule has 0 atom stereocenters. The number of hydrogen-bond donors (Lipinski definition) is 1. The normalized spacial score (nSPS) is 13.8. The van der Waals surface area contributed by atoms with Gasteiger partial charge in [0.05, 0.1) is 11.5 Å². The molecule has 0 aliphatic carbocycles. The summed E-state index contributed by atoms with van der Waals surface area (Å²) in [5, 5.41) is 9.97. The van der Waals surface area contributed by atoms with Gasteiger partial charge in [-0.05, 0) is 37.1 Å². The molecule has 0 heterocycles. The summed E-state index contributed by atoms with van der Waals surface area (Å²) in [4.78, 5) is 0.274. The Morgan fingerprint density at radius 3 is 2.29 bits per heavy atom. The smallest absolute Gasteiger partial charge is 0.200 e. The molecule has 0 spiro atoms. The second kappa shape index (κ2) is 5.80. The van der Waals surface area contributed by atoms with Crippen molar-refractivity contribution in [3.63, 3.8) is 0 Å². The molecule has 1 aromatic carbocycles. The molecule has 0 bridgehead atoms. The highest BCUT2D eigenvalue weighted by molar-refractivity contribution is 7.94. The van der Waals surface area contributed by atoms with Crippen molar-refractivity contribution in [3.05, 3.63) is 53.0 Å². The van der Waals surface area contributed by atoms with E-state index < -0.39 is 9.84 Å². The van der Waals surface area contributed by atoms with Gasteiger partial charge in [-0.3, -0.25) is 0 Å². The number of allylic oxidation sites excluding steroid dienone is 2. The maximum absolute atomic E-state index is 12.0. The Kier molecular flexibility index (Phi) is 4.66. The lowest BCUT2D eigenvalue weighted by Gasteiger charge is -2.03. The van der Waals surface area contributed by atoms with Crippen LogP contribution in [0.15, 0.2) is 57.9 Å². The lowest BCUT2D eigenvalue weighted by atomic mass is 10.1. The lowest BCUT2D eigenvalue weighted by molar-refractivity contribution is 0.342. The third-order valence-electron chi connectivity index (χ3n) is 2.42. The van der Waals surface area contributed by atoms with Crippen LogP contribution in [0, 0.1) is 0 Å². The summed E-state index contributed by atoms with van der Waals surface area (Å²) in [5.74, 6) is 0. The van der Waals surface area contributed by atoms with Crippen molar-refractivity contribution in [2.24, 2.45) is 0 Å². The van der Waals surface area contributed by atoms with Gasteiger partial charge in [-0.25, -0.2) is 8.42 Å². The third-order valence-corrected chi connectivity index (χ3v) is 4.02. The molecule has 3 nitrogen and oxygen atoms in total. The number of aliphatic hydroxyl groups is 1. The van der Waals surface area contributed by atoms with Crippen LogP contribution >= 0.6 is 0 Å². The fraction of sp³-hybridized carbons (Fsp3) is 0.231. The van der Waals surface area contributed by atoms with Crippen molar-refractivity contribution in [2.75, 3.05) is 6.61 Å². The second-order valence-electron chi connectivity index (χ2n) is 3.73. The van der Waals surface area contributed by atoms with Crippen molar-refractivity contribution in [3.8, 4) is 0 Å². The number of rotatable bonds is 4. The molecule has 0 aliphatic heterocycles. The van der Waals surface area contributed by atoms with Crippen molar-refractivity contribution in [1.82, 2.24) is 0 Å². The zero-order valence-electron chi connectivity index (χ0n) is 9.92. The van der Waals surface area contributed by atoms with Crippen molar-refractivity contribution >= 4 is 9.84 Å². The summed E-state index contributed by atoms with van der Waals surface area (Å²) < 4.78 is 24.0. The van der Waals surface area contributed by atoms with Crippen molar-refractivity contribution in [2.45, 2.75) is 18.7 Å². The fourth-order valence-electron chi connectivity index (χ4n) is 1.30. The summed E-state index contributed by atoms with van der Waals surface area (Å²) in [7, 11) is -3.41. The predicted molar refractivity (Wildman–Crippen MR) is 68.2 cm³/mol. The fourth-order valence-corrected chi connectivity index (χ4v) is 2.63. The van der Waals surface area contributed by atoms with E-state index in [1.54, 1.807) is 50.3 Å². The molecule has 0 saturated carbocycles. The second-order valence-corrected chi connectivity index (χ2v) is 5.53. The molecular formula is C13H16O3S. The van der Waals surface area contributed by atoms with Crippen LogP contribution < -0.4 is 0 Å². The highest BCUT2D eigenvalue weighted by atomic mass is 32.2. The molecule has 4 heteroatoms. The first-order chi connectivity index (χ1) is 7.97. The van der Waals surface area contributed by atoms with Gasteiger partial charge < -0.3 is 5.11 Å². The van der Waals surface area contributed by atoms with E-state index in [4.69, 9.17) is 5.11 Å². The van der Waals surface area contributed by atoms with Gasteiger partial charge in [-0.2, -0.15) is 0 Å². The Morgan fingerprint density at radius 1 is 1.18 bits per heavy atom. The number of hydrogen-bond acceptors (Lipinski definition) is 3. The topological polar surface area (TPSA) is 54.4 Å². The molecule has 92 valence electrons. The molecule has 1 N–H and O–H groups in total. The van der Waals surface area contributed by atoms with E-state index in [0.717, 1.165) is 5.57 Å². The van der Waals surface area contributed by atoms with Gasteiger partial charge in [-0.1, -0.05) is 24.3 Å². The minimum Gasteiger partial charge on any atom is -0.392 e. The SMILES string of the molecule is CC(=C/S(=O)(=O)c1ccccc1)/C(C)=C/CO. The third kappa shape index (κ3) is 3.84. The highest BCUT2D eigenvalue weighted by Crippen LogP contribution is 2.16. The molecule has 0 fully saturated rings. The Balaban J connectivity index is 3.10. The molecule has 1 rings (SSSR count). The van der Waals surface area contributed by atoms with E-state index >= 15 is 0 Å². The Morgan fingerprint density at radius 2 is 1.76 bits per heavy atom. The first kappa shape index (κ1) is 13.7. The van der Waals surface area contributed by atoms with Crippen LogP contribution in [0.4, 0.5) is 0 Å². The van der Waals surface area contributed by atoms with Crippen molar-refractivity contribution in [1.29, 1.82) is 0 Å². The zero-order chi connectivity index (χ0) is 12.9. The number of aliphatic hydroxyl groups excluding tert-OH is 1. The molecular weight excluding hydrogens is 236 g/mol. The van der Waals surface area contributed by atoms with Crippen LogP contribution in [-0.2, 0) is 9.84 Å². The van der Waals surface area contributed by atoms with Crippen LogP contribution in [-0.4, -0.2) is 20.1 Å². The van der Waals surface area contributed by atoms with E-state index in [9.17, 15) is 8.42 Å². The maximum atomic E-state index is 12.0. The maximum Gasteiger partial charge on any atom is 0.200 e. The summed E-state index contributed by atoms with van der Waals surface area (Å²) >= 11 is 0. The van der Waals surface area contributed by atoms with E-state index in [-0.39, 0.29) is 11.5 Å². The summed E-state index contributed by atoms with van der Waals surface area (Å²) in [6.45, 7) is 3.38.